The topological polar surface area (TPSA) is 119 Å². The van der Waals surface area contributed by atoms with Crippen LogP contribution in [0, 0.1) is 6.92 Å². The van der Waals surface area contributed by atoms with Crippen LogP contribution in [0.25, 0.3) is 11.1 Å². The summed E-state index contributed by atoms with van der Waals surface area (Å²) in [6, 6.07) is 6.06. The van der Waals surface area contributed by atoms with Crippen molar-refractivity contribution in [3.8, 4) is 0 Å². The number of nitrogens with one attached hydrogen (secondary N) is 1. The first kappa shape index (κ1) is 19.4. The van der Waals surface area contributed by atoms with E-state index in [2.05, 4.69) is 15.5 Å². The van der Waals surface area contributed by atoms with Crippen LogP contribution in [-0.4, -0.2) is 48.1 Å². The van der Waals surface area contributed by atoms with E-state index in [-0.39, 0.29) is 21.9 Å². The Morgan fingerprint density at radius 1 is 1.30 bits per heavy atom. The van der Waals surface area contributed by atoms with Crippen molar-refractivity contribution in [2.24, 2.45) is 0 Å². The molecule has 1 atom stereocenters. The molecule has 3 rings (SSSR count). The van der Waals surface area contributed by atoms with Gasteiger partial charge in [0.2, 0.25) is 21.8 Å². The van der Waals surface area contributed by atoms with Gasteiger partial charge >= 0.3 is 0 Å². The standard InChI is InChI=1S/C16H18N4O5S2/c1-9-7-14(25-19-9)18-15(21)10(2)26-16-17-12-8-11(5-6-13(12)24-16)27(22,23)20(3)4/h5-8,10H,1-4H3,(H,18,21). The Balaban J connectivity index is 1.76. The molecule has 144 valence electrons. The van der Waals surface area contributed by atoms with Crippen molar-refractivity contribution in [1.82, 2.24) is 14.4 Å². The van der Waals surface area contributed by atoms with Gasteiger partial charge in [0.05, 0.1) is 15.8 Å². The second-order valence-corrected chi connectivity index (χ2v) is 9.42. The lowest BCUT2D eigenvalue weighted by Crippen LogP contribution is -2.22. The van der Waals surface area contributed by atoms with Gasteiger partial charge in [-0.1, -0.05) is 16.9 Å². The van der Waals surface area contributed by atoms with Crippen LogP contribution in [-0.2, 0) is 14.8 Å². The number of aromatic nitrogens is 2. The molecule has 27 heavy (non-hydrogen) atoms. The Labute approximate surface area is 160 Å². The number of oxazole rings is 1. The molecule has 1 amide bonds. The van der Waals surface area contributed by atoms with Crippen molar-refractivity contribution in [3.63, 3.8) is 0 Å². The number of hydrogen-bond acceptors (Lipinski definition) is 8. The van der Waals surface area contributed by atoms with Crippen LogP contribution in [0.3, 0.4) is 0 Å². The zero-order chi connectivity index (χ0) is 19.8. The predicted molar refractivity (Wildman–Crippen MR) is 100 cm³/mol. The number of carbonyl (C=O) groups is 1. The van der Waals surface area contributed by atoms with Crippen molar-refractivity contribution in [3.05, 3.63) is 30.0 Å². The maximum Gasteiger partial charge on any atom is 0.257 e. The number of sulfonamides is 1. The third-order valence-electron chi connectivity index (χ3n) is 3.64. The lowest BCUT2D eigenvalue weighted by molar-refractivity contribution is -0.115. The molecule has 0 aliphatic heterocycles. The lowest BCUT2D eigenvalue weighted by Gasteiger charge is -2.10. The summed E-state index contributed by atoms with van der Waals surface area (Å²) in [5.41, 5.74) is 1.50. The minimum atomic E-state index is -3.56. The van der Waals surface area contributed by atoms with Gasteiger partial charge < -0.3 is 8.94 Å². The summed E-state index contributed by atoms with van der Waals surface area (Å²) in [5.74, 6) is -0.0321. The van der Waals surface area contributed by atoms with Crippen LogP contribution in [0.15, 0.2) is 43.3 Å². The van der Waals surface area contributed by atoms with Crippen LogP contribution in [0.1, 0.15) is 12.6 Å². The fourth-order valence-corrected chi connectivity index (χ4v) is 3.84. The average Bonchev–Trinajstić information content (AvgIpc) is 3.18. The number of amides is 1. The molecule has 11 heteroatoms. The van der Waals surface area contributed by atoms with Crippen molar-refractivity contribution in [1.29, 1.82) is 0 Å². The molecule has 1 unspecified atom stereocenters. The maximum atomic E-state index is 12.2. The fraction of sp³-hybridized carbons (Fsp3) is 0.312. The van der Waals surface area contributed by atoms with Gasteiger partial charge in [-0.25, -0.2) is 17.7 Å². The second-order valence-electron chi connectivity index (χ2n) is 5.98. The molecule has 0 fully saturated rings. The van der Waals surface area contributed by atoms with E-state index in [9.17, 15) is 13.2 Å². The first-order chi connectivity index (χ1) is 12.7. The van der Waals surface area contributed by atoms with Gasteiger partial charge in [-0.05, 0) is 32.0 Å². The summed E-state index contributed by atoms with van der Waals surface area (Å²) in [5, 5.41) is 6.06. The molecule has 0 saturated heterocycles. The fourth-order valence-electron chi connectivity index (χ4n) is 2.16. The van der Waals surface area contributed by atoms with Crippen molar-refractivity contribution in [2.75, 3.05) is 19.4 Å². The minimum Gasteiger partial charge on any atom is -0.431 e. The van der Waals surface area contributed by atoms with Crippen molar-refractivity contribution < 1.29 is 22.2 Å². The van der Waals surface area contributed by atoms with Crippen LogP contribution in [0.2, 0.25) is 0 Å². The molecule has 0 radical (unpaired) electrons. The lowest BCUT2D eigenvalue weighted by atomic mass is 10.3. The Morgan fingerprint density at radius 2 is 2.04 bits per heavy atom. The molecule has 1 aromatic carbocycles. The van der Waals surface area contributed by atoms with E-state index in [1.165, 1.54) is 26.2 Å². The summed E-state index contributed by atoms with van der Waals surface area (Å²) >= 11 is 1.11. The molecule has 1 N–H and O–H groups in total. The number of rotatable bonds is 6. The Morgan fingerprint density at radius 3 is 2.67 bits per heavy atom. The Kier molecular flexibility index (Phi) is 5.27. The quantitative estimate of drug-likeness (QED) is 0.616. The second kappa shape index (κ2) is 7.33. The Bertz CT molecular complexity index is 1090. The third-order valence-corrected chi connectivity index (χ3v) is 6.39. The predicted octanol–water partition coefficient (Wildman–Crippen LogP) is 2.49. The van der Waals surface area contributed by atoms with E-state index in [0.717, 1.165) is 16.1 Å². The molecule has 0 saturated carbocycles. The molecule has 0 aliphatic rings. The number of carbonyl (C=O) groups excluding carboxylic acids is 1. The van der Waals surface area contributed by atoms with Gasteiger partial charge in [0, 0.05) is 20.2 Å². The highest BCUT2D eigenvalue weighted by molar-refractivity contribution is 8.00. The van der Waals surface area contributed by atoms with Gasteiger partial charge in [0.15, 0.2) is 5.58 Å². The van der Waals surface area contributed by atoms with E-state index < -0.39 is 15.3 Å². The molecule has 0 bridgehead atoms. The SMILES string of the molecule is Cc1cc(NC(=O)C(C)Sc2nc3cc(S(=O)(=O)N(C)C)ccc3o2)on1. The summed E-state index contributed by atoms with van der Waals surface area (Å²) in [6.45, 7) is 3.44. The first-order valence-corrected chi connectivity index (χ1v) is 10.2. The van der Waals surface area contributed by atoms with Gasteiger partial charge in [-0.2, -0.15) is 0 Å². The zero-order valence-corrected chi connectivity index (χ0v) is 16.7. The first-order valence-electron chi connectivity index (χ1n) is 7.91. The molecule has 0 spiro atoms. The average molecular weight is 410 g/mol. The van der Waals surface area contributed by atoms with Crippen molar-refractivity contribution >= 4 is 44.7 Å². The van der Waals surface area contributed by atoms with Gasteiger partial charge in [-0.3, -0.25) is 10.1 Å². The number of hydrogen-bond donors (Lipinski definition) is 1. The van der Waals surface area contributed by atoms with E-state index in [4.69, 9.17) is 8.94 Å². The summed E-state index contributed by atoms with van der Waals surface area (Å²) in [4.78, 5) is 16.6. The van der Waals surface area contributed by atoms with Crippen LogP contribution in [0.4, 0.5) is 5.88 Å². The maximum absolute atomic E-state index is 12.2. The molecule has 0 aliphatic carbocycles. The molecule has 2 heterocycles. The number of thioether (sulfide) groups is 1. The van der Waals surface area contributed by atoms with Crippen LogP contribution >= 0.6 is 11.8 Å². The Hall–Kier alpha value is -2.37. The highest BCUT2D eigenvalue weighted by Gasteiger charge is 2.21. The molecule has 9 nitrogen and oxygen atoms in total. The zero-order valence-electron chi connectivity index (χ0n) is 15.1. The summed E-state index contributed by atoms with van der Waals surface area (Å²) in [6.07, 6.45) is 0. The van der Waals surface area contributed by atoms with E-state index >= 15 is 0 Å². The van der Waals surface area contributed by atoms with Gasteiger partial charge in [-0.15, -0.1) is 0 Å². The number of nitrogens with zero attached hydrogens (tertiary/aromatic N) is 3. The van der Waals surface area contributed by atoms with Crippen LogP contribution < -0.4 is 5.32 Å². The monoisotopic (exact) mass is 410 g/mol. The number of aryl methyl sites for hydroxylation is 1. The minimum absolute atomic E-state index is 0.122. The van der Waals surface area contributed by atoms with E-state index in [1.54, 1.807) is 26.0 Å². The highest BCUT2D eigenvalue weighted by atomic mass is 32.2. The number of fused-ring (bicyclic) bond motifs is 1. The highest BCUT2D eigenvalue weighted by Crippen LogP contribution is 2.29. The number of anilines is 1. The van der Waals surface area contributed by atoms with E-state index in [0.29, 0.717) is 16.8 Å². The smallest absolute Gasteiger partial charge is 0.257 e. The van der Waals surface area contributed by atoms with Gasteiger partial charge in [0.1, 0.15) is 5.52 Å². The molecular formula is C16H18N4O5S2. The van der Waals surface area contributed by atoms with Gasteiger partial charge in [0.25, 0.3) is 5.22 Å². The molecule has 2 aromatic heterocycles. The third kappa shape index (κ3) is 4.15. The van der Waals surface area contributed by atoms with E-state index in [1.807, 2.05) is 0 Å². The largest absolute Gasteiger partial charge is 0.431 e. The summed E-state index contributed by atoms with van der Waals surface area (Å²) in [7, 11) is -0.647. The van der Waals surface area contributed by atoms with Crippen LogP contribution in [0.5, 0.6) is 0 Å². The molecular weight excluding hydrogens is 392 g/mol. The number of benzene rings is 1. The van der Waals surface area contributed by atoms with Crippen molar-refractivity contribution in [2.45, 2.75) is 29.2 Å². The normalized spacial score (nSPS) is 13.2. The molecule has 3 aromatic rings. The summed E-state index contributed by atoms with van der Waals surface area (Å²) < 4.78 is 36.1.